The van der Waals surface area contributed by atoms with Crippen molar-refractivity contribution in [3.8, 4) is 0 Å². The number of hydrogen-bond acceptors (Lipinski definition) is 2. The van der Waals surface area contributed by atoms with Crippen LogP contribution in [-0.2, 0) is 6.42 Å². The van der Waals surface area contributed by atoms with Gasteiger partial charge in [-0.15, -0.1) is 0 Å². The third kappa shape index (κ3) is 5.01. The molecular weight excluding hydrogens is 332 g/mol. The molecule has 4 heteroatoms. The van der Waals surface area contributed by atoms with E-state index in [4.69, 9.17) is 0 Å². The lowest BCUT2D eigenvalue weighted by Crippen LogP contribution is -2.41. The number of rotatable bonds is 7. The van der Waals surface area contributed by atoms with Gasteiger partial charge in [-0.05, 0) is 48.2 Å². The number of guanidine groups is 1. The molecule has 1 fully saturated rings. The molecule has 0 saturated carbocycles. The van der Waals surface area contributed by atoms with Gasteiger partial charge in [0.1, 0.15) is 0 Å². The SMILES string of the molecule is CCN(CC)CC1CCN(C(=NC)NCCc2cccc3ccccc23)C1. The summed E-state index contributed by atoms with van der Waals surface area (Å²) < 4.78 is 0. The third-order valence-electron chi connectivity index (χ3n) is 5.77. The predicted molar refractivity (Wildman–Crippen MR) is 116 cm³/mol. The molecule has 2 aromatic carbocycles. The Bertz CT molecular complexity index is 746. The van der Waals surface area contributed by atoms with Gasteiger partial charge >= 0.3 is 0 Å². The van der Waals surface area contributed by atoms with Gasteiger partial charge < -0.3 is 15.1 Å². The molecule has 1 unspecified atom stereocenters. The molecule has 1 aliphatic rings. The first-order chi connectivity index (χ1) is 13.2. The van der Waals surface area contributed by atoms with E-state index < -0.39 is 0 Å². The molecule has 3 rings (SSSR count). The van der Waals surface area contributed by atoms with E-state index in [1.165, 1.54) is 29.3 Å². The van der Waals surface area contributed by atoms with Gasteiger partial charge in [0.25, 0.3) is 0 Å². The van der Waals surface area contributed by atoms with E-state index in [0.717, 1.165) is 51.0 Å². The van der Waals surface area contributed by atoms with Crippen LogP contribution in [0.3, 0.4) is 0 Å². The third-order valence-corrected chi connectivity index (χ3v) is 5.77. The number of nitrogens with zero attached hydrogens (tertiary/aromatic N) is 3. The molecule has 0 spiro atoms. The quantitative estimate of drug-likeness (QED) is 0.600. The first kappa shape index (κ1) is 19.7. The van der Waals surface area contributed by atoms with Crippen LogP contribution in [0.4, 0.5) is 0 Å². The summed E-state index contributed by atoms with van der Waals surface area (Å²) in [7, 11) is 1.90. The lowest BCUT2D eigenvalue weighted by Gasteiger charge is -2.24. The highest BCUT2D eigenvalue weighted by Gasteiger charge is 2.25. The average molecular weight is 367 g/mol. The maximum atomic E-state index is 4.54. The van der Waals surface area contributed by atoms with Crippen molar-refractivity contribution in [2.24, 2.45) is 10.9 Å². The van der Waals surface area contributed by atoms with Gasteiger partial charge in [-0.3, -0.25) is 4.99 Å². The molecule has 1 heterocycles. The van der Waals surface area contributed by atoms with Gasteiger partial charge in [0.15, 0.2) is 5.96 Å². The number of aliphatic imine (C=N–C) groups is 1. The number of nitrogens with one attached hydrogen (secondary N) is 1. The van der Waals surface area contributed by atoms with Gasteiger partial charge in [0.05, 0.1) is 0 Å². The zero-order valence-corrected chi connectivity index (χ0v) is 17.1. The fraction of sp³-hybridized carbons (Fsp3) is 0.522. The number of fused-ring (bicyclic) bond motifs is 1. The molecule has 146 valence electrons. The minimum Gasteiger partial charge on any atom is -0.356 e. The van der Waals surface area contributed by atoms with E-state index in [9.17, 15) is 0 Å². The van der Waals surface area contributed by atoms with Gasteiger partial charge in [0, 0.05) is 33.2 Å². The van der Waals surface area contributed by atoms with Gasteiger partial charge in [-0.25, -0.2) is 0 Å². The normalized spacial score (nSPS) is 17.9. The first-order valence-corrected chi connectivity index (χ1v) is 10.4. The zero-order valence-electron chi connectivity index (χ0n) is 17.1. The summed E-state index contributed by atoms with van der Waals surface area (Å²) in [6.07, 6.45) is 2.28. The summed E-state index contributed by atoms with van der Waals surface area (Å²) in [4.78, 5) is 9.50. The molecule has 1 aliphatic heterocycles. The monoisotopic (exact) mass is 366 g/mol. The summed E-state index contributed by atoms with van der Waals surface area (Å²) in [6.45, 7) is 11.1. The van der Waals surface area contributed by atoms with Crippen LogP contribution >= 0.6 is 0 Å². The van der Waals surface area contributed by atoms with Crippen molar-refractivity contribution < 1.29 is 0 Å². The van der Waals surface area contributed by atoms with E-state index in [0.29, 0.717) is 0 Å². The Hall–Kier alpha value is -2.07. The number of likely N-dealkylation sites (tertiary alicyclic amines) is 1. The van der Waals surface area contributed by atoms with Crippen LogP contribution in [-0.4, -0.2) is 62.1 Å². The van der Waals surface area contributed by atoms with Crippen LogP contribution < -0.4 is 5.32 Å². The van der Waals surface area contributed by atoms with Gasteiger partial charge in [-0.1, -0.05) is 56.3 Å². The van der Waals surface area contributed by atoms with Crippen molar-refractivity contribution in [3.05, 3.63) is 48.0 Å². The molecule has 0 aliphatic carbocycles. The molecule has 0 bridgehead atoms. The van der Waals surface area contributed by atoms with Crippen LogP contribution in [0.5, 0.6) is 0 Å². The van der Waals surface area contributed by atoms with Crippen molar-refractivity contribution in [1.82, 2.24) is 15.1 Å². The van der Waals surface area contributed by atoms with E-state index >= 15 is 0 Å². The second kappa shape index (κ2) is 9.75. The smallest absolute Gasteiger partial charge is 0.193 e. The minimum atomic E-state index is 0.751. The summed E-state index contributed by atoms with van der Waals surface area (Å²) in [5.41, 5.74) is 1.40. The Morgan fingerprint density at radius 2 is 1.93 bits per heavy atom. The number of benzene rings is 2. The van der Waals surface area contributed by atoms with Crippen LogP contribution in [0, 0.1) is 5.92 Å². The lowest BCUT2D eigenvalue weighted by molar-refractivity contribution is 0.255. The molecule has 1 N–H and O–H groups in total. The van der Waals surface area contributed by atoms with Crippen molar-refractivity contribution >= 4 is 16.7 Å². The van der Waals surface area contributed by atoms with Crippen molar-refractivity contribution in [2.45, 2.75) is 26.7 Å². The molecular formula is C23H34N4. The second-order valence-electron chi connectivity index (χ2n) is 7.45. The topological polar surface area (TPSA) is 30.9 Å². The average Bonchev–Trinajstić information content (AvgIpc) is 3.17. The Morgan fingerprint density at radius 1 is 1.15 bits per heavy atom. The highest BCUT2D eigenvalue weighted by molar-refractivity contribution is 5.85. The molecule has 1 atom stereocenters. The largest absolute Gasteiger partial charge is 0.356 e. The second-order valence-corrected chi connectivity index (χ2v) is 7.45. The van der Waals surface area contributed by atoms with Crippen molar-refractivity contribution in [1.29, 1.82) is 0 Å². The Kier molecular flexibility index (Phi) is 7.11. The van der Waals surface area contributed by atoms with Crippen LogP contribution in [0.25, 0.3) is 10.8 Å². The summed E-state index contributed by atoms with van der Waals surface area (Å²) in [6, 6.07) is 15.2. The van der Waals surface area contributed by atoms with E-state index in [1.54, 1.807) is 0 Å². The maximum Gasteiger partial charge on any atom is 0.193 e. The molecule has 2 aromatic rings. The maximum absolute atomic E-state index is 4.54. The predicted octanol–water partition coefficient (Wildman–Crippen LogP) is 3.62. The minimum absolute atomic E-state index is 0.751. The lowest BCUT2D eigenvalue weighted by atomic mass is 10.0. The highest BCUT2D eigenvalue weighted by atomic mass is 15.3. The summed E-state index contributed by atoms with van der Waals surface area (Å²) in [5, 5.41) is 6.27. The van der Waals surface area contributed by atoms with E-state index in [-0.39, 0.29) is 0 Å². The van der Waals surface area contributed by atoms with E-state index in [2.05, 4.69) is 76.4 Å². The van der Waals surface area contributed by atoms with Gasteiger partial charge in [-0.2, -0.15) is 0 Å². The van der Waals surface area contributed by atoms with Crippen molar-refractivity contribution in [3.63, 3.8) is 0 Å². The van der Waals surface area contributed by atoms with Gasteiger partial charge in [0.2, 0.25) is 0 Å². The summed E-state index contributed by atoms with van der Waals surface area (Å²) in [5.74, 6) is 1.80. The number of hydrogen-bond donors (Lipinski definition) is 1. The molecule has 0 radical (unpaired) electrons. The fourth-order valence-electron chi connectivity index (χ4n) is 4.17. The molecule has 4 nitrogen and oxygen atoms in total. The highest BCUT2D eigenvalue weighted by Crippen LogP contribution is 2.19. The Balaban J connectivity index is 1.52. The van der Waals surface area contributed by atoms with Crippen LogP contribution in [0.2, 0.25) is 0 Å². The molecule has 27 heavy (non-hydrogen) atoms. The standard InChI is InChI=1S/C23H34N4/c1-4-26(5-2)17-19-14-16-27(18-19)23(24-3)25-15-13-21-11-8-10-20-9-6-7-12-22(20)21/h6-12,19H,4-5,13-18H2,1-3H3,(H,24,25). The Morgan fingerprint density at radius 3 is 2.70 bits per heavy atom. The van der Waals surface area contributed by atoms with E-state index in [1.807, 2.05) is 7.05 Å². The summed E-state index contributed by atoms with van der Waals surface area (Å²) >= 11 is 0. The molecule has 0 aromatic heterocycles. The van der Waals surface area contributed by atoms with Crippen molar-refractivity contribution in [2.75, 3.05) is 46.3 Å². The zero-order chi connectivity index (χ0) is 19.1. The fourth-order valence-corrected chi connectivity index (χ4v) is 4.17. The molecule has 1 saturated heterocycles. The van der Waals surface area contributed by atoms with Crippen LogP contribution in [0.15, 0.2) is 47.5 Å². The Labute approximate surface area is 164 Å². The van der Waals surface area contributed by atoms with Crippen LogP contribution in [0.1, 0.15) is 25.8 Å². The molecule has 0 amide bonds. The first-order valence-electron chi connectivity index (χ1n) is 10.4.